The molecule has 0 bridgehead atoms. The van der Waals surface area contributed by atoms with Crippen molar-refractivity contribution in [2.24, 2.45) is 0 Å². The van der Waals surface area contributed by atoms with Gasteiger partial charge in [-0.1, -0.05) is 37.3 Å². The van der Waals surface area contributed by atoms with Crippen molar-refractivity contribution in [1.82, 2.24) is 4.98 Å². The van der Waals surface area contributed by atoms with E-state index in [-0.39, 0.29) is 18.6 Å². The second kappa shape index (κ2) is 8.56. The molecule has 7 heteroatoms. The molecule has 0 aliphatic carbocycles. The number of pyridine rings is 1. The van der Waals surface area contributed by atoms with Crippen LogP contribution in [-0.4, -0.2) is 31.3 Å². The smallest absolute Gasteiger partial charge is 0.342 e. The largest absolute Gasteiger partial charge is 0.467 e. The molecule has 0 N–H and O–H groups in total. The van der Waals surface area contributed by atoms with Crippen LogP contribution in [0, 0.1) is 5.95 Å². The van der Waals surface area contributed by atoms with Crippen molar-refractivity contribution in [3.63, 3.8) is 0 Å². The molecule has 2 heterocycles. The molecule has 0 radical (unpaired) electrons. The first-order valence-electron chi connectivity index (χ1n) is 8.76. The van der Waals surface area contributed by atoms with E-state index < -0.39 is 23.8 Å². The molecule has 2 aromatic rings. The zero-order chi connectivity index (χ0) is 19.3. The topological polar surface area (TPSA) is 66.9 Å². The van der Waals surface area contributed by atoms with E-state index in [2.05, 4.69) is 4.98 Å². The van der Waals surface area contributed by atoms with Crippen LogP contribution in [0.3, 0.4) is 0 Å². The fourth-order valence-corrected chi connectivity index (χ4v) is 3.18. The van der Waals surface area contributed by atoms with Gasteiger partial charge in [0.25, 0.3) is 0 Å². The summed E-state index contributed by atoms with van der Waals surface area (Å²) < 4.78 is 36.7. The zero-order valence-electron chi connectivity index (χ0n) is 15.3. The maximum absolute atomic E-state index is 14.6. The summed E-state index contributed by atoms with van der Waals surface area (Å²) in [5.74, 6) is -1.38. The first kappa shape index (κ1) is 19.4. The molecule has 1 saturated heterocycles. The van der Waals surface area contributed by atoms with Crippen LogP contribution >= 0.6 is 0 Å². The lowest BCUT2D eigenvalue weighted by atomic mass is 9.87. The first-order valence-corrected chi connectivity index (χ1v) is 8.76. The van der Waals surface area contributed by atoms with Crippen molar-refractivity contribution in [2.75, 3.05) is 20.3 Å². The number of methoxy groups -OCH3 is 1. The maximum Gasteiger partial charge on any atom is 0.342 e. The number of nitrogens with zero attached hydrogens (tertiary/aromatic N) is 1. The lowest BCUT2D eigenvalue weighted by Gasteiger charge is -2.33. The summed E-state index contributed by atoms with van der Waals surface area (Å²) in [6.45, 7) is 2.60. The van der Waals surface area contributed by atoms with Gasteiger partial charge in [-0.2, -0.15) is 4.39 Å². The average molecular weight is 375 g/mol. The van der Waals surface area contributed by atoms with Gasteiger partial charge in [-0.25, -0.2) is 9.78 Å². The van der Waals surface area contributed by atoms with Crippen LogP contribution < -0.4 is 0 Å². The lowest BCUT2D eigenvalue weighted by molar-refractivity contribution is -0.175. The van der Waals surface area contributed by atoms with Crippen LogP contribution in [0.4, 0.5) is 4.39 Å². The van der Waals surface area contributed by atoms with E-state index >= 15 is 0 Å². The molecular weight excluding hydrogens is 353 g/mol. The molecule has 0 amide bonds. The Bertz CT molecular complexity index is 779. The van der Waals surface area contributed by atoms with Gasteiger partial charge < -0.3 is 18.9 Å². The highest BCUT2D eigenvalue weighted by Crippen LogP contribution is 2.39. The molecule has 3 rings (SSSR count). The Kier molecular flexibility index (Phi) is 6.15. The van der Waals surface area contributed by atoms with Gasteiger partial charge in [0.1, 0.15) is 0 Å². The number of halogens is 1. The van der Waals surface area contributed by atoms with Crippen molar-refractivity contribution < 1.29 is 28.1 Å². The Hall–Kier alpha value is -2.35. The van der Waals surface area contributed by atoms with E-state index in [1.807, 2.05) is 30.3 Å². The van der Waals surface area contributed by atoms with E-state index in [1.54, 1.807) is 13.0 Å². The van der Waals surface area contributed by atoms with E-state index in [0.29, 0.717) is 18.8 Å². The summed E-state index contributed by atoms with van der Waals surface area (Å²) in [5, 5.41) is 0. The Balaban J connectivity index is 2.05. The van der Waals surface area contributed by atoms with E-state index in [1.165, 1.54) is 13.3 Å². The minimum Gasteiger partial charge on any atom is -0.467 e. The number of esters is 1. The molecule has 1 fully saturated rings. The van der Waals surface area contributed by atoms with E-state index in [9.17, 15) is 9.18 Å². The van der Waals surface area contributed by atoms with Crippen LogP contribution in [0.2, 0.25) is 0 Å². The Labute approximate surface area is 157 Å². The van der Waals surface area contributed by atoms with Crippen molar-refractivity contribution >= 4 is 5.97 Å². The van der Waals surface area contributed by atoms with Gasteiger partial charge in [-0.3, -0.25) is 0 Å². The summed E-state index contributed by atoms with van der Waals surface area (Å²) in [6.07, 6.45) is 0.586. The number of ether oxygens (including phenoxy) is 4. The fourth-order valence-electron chi connectivity index (χ4n) is 3.18. The molecule has 6 nitrogen and oxygen atoms in total. The zero-order valence-corrected chi connectivity index (χ0v) is 15.3. The quantitative estimate of drug-likeness (QED) is 0.547. The second-order valence-corrected chi connectivity index (χ2v) is 6.08. The third-order valence-corrected chi connectivity index (χ3v) is 4.58. The van der Waals surface area contributed by atoms with E-state index in [0.717, 1.165) is 5.56 Å². The summed E-state index contributed by atoms with van der Waals surface area (Å²) >= 11 is 0. The molecule has 1 aliphatic rings. The first-order chi connectivity index (χ1) is 13.1. The summed E-state index contributed by atoms with van der Waals surface area (Å²) in [7, 11) is 1.28. The van der Waals surface area contributed by atoms with Crippen molar-refractivity contribution in [2.45, 2.75) is 31.8 Å². The number of hydrogen-bond donors (Lipinski definition) is 0. The predicted molar refractivity (Wildman–Crippen MR) is 94.1 cm³/mol. The summed E-state index contributed by atoms with van der Waals surface area (Å²) in [6, 6.07) is 11.0. The van der Waals surface area contributed by atoms with Gasteiger partial charge in [0.2, 0.25) is 5.95 Å². The molecule has 0 spiro atoms. The van der Waals surface area contributed by atoms with Gasteiger partial charge in [-0.05, 0) is 18.1 Å². The third-order valence-electron chi connectivity index (χ3n) is 4.58. The SMILES string of the molecule is CCC(OCc1ccccc1)(C(=O)OC)c1ccnc(F)c1C1OCCO1. The Morgan fingerprint density at radius 3 is 2.59 bits per heavy atom. The number of carbonyl (C=O) groups excluding carboxylic acids is 1. The molecule has 0 saturated carbocycles. The minimum atomic E-state index is -1.51. The molecule has 1 aliphatic heterocycles. The van der Waals surface area contributed by atoms with Crippen molar-refractivity contribution in [1.29, 1.82) is 0 Å². The van der Waals surface area contributed by atoms with Gasteiger partial charge in [0.15, 0.2) is 11.9 Å². The van der Waals surface area contributed by atoms with Gasteiger partial charge in [0, 0.05) is 11.8 Å². The Morgan fingerprint density at radius 1 is 1.26 bits per heavy atom. The van der Waals surface area contributed by atoms with E-state index in [4.69, 9.17) is 18.9 Å². The molecule has 144 valence electrons. The number of aromatic nitrogens is 1. The molecule has 1 atom stereocenters. The highest BCUT2D eigenvalue weighted by Gasteiger charge is 2.45. The lowest BCUT2D eigenvalue weighted by Crippen LogP contribution is -2.40. The maximum atomic E-state index is 14.6. The van der Waals surface area contributed by atoms with Crippen LogP contribution in [0.1, 0.15) is 36.3 Å². The van der Waals surface area contributed by atoms with Crippen molar-refractivity contribution in [3.8, 4) is 0 Å². The fraction of sp³-hybridized carbons (Fsp3) is 0.400. The molecule has 1 aromatic carbocycles. The molecular formula is C20H22FNO5. The second-order valence-electron chi connectivity index (χ2n) is 6.08. The van der Waals surface area contributed by atoms with Crippen molar-refractivity contribution in [3.05, 3.63) is 65.2 Å². The van der Waals surface area contributed by atoms with Crippen LogP contribution in [0.25, 0.3) is 0 Å². The van der Waals surface area contributed by atoms with Gasteiger partial charge in [0.05, 0.1) is 32.5 Å². The highest BCUT2D eigenvalue weighted by atomic mass is 19.1. The standard InChI is InChI=1S/C20H22FNO5/c1-3-20(19(23)24-2,27-13-14-7-5-4-6-8-14)15-9-10-22-17(21)16(15)18-25-11-12-26-18/h4-10,18H,3,11-13H2,1-2H3. The number of benzene rings is 1. The number of rotatable bonds is 7. The van der Waals surface area contributed by atoms with Crippen LogP contribution in [0.15, 0.2) is 42.6 Å². The molecule has 27 heavy (non-hydrogen) atoms. The van der Waals surface area contributed by atoms with Crippen LogP contribution in [-0.2, 0) is 35.9 Å². The third kappa shape index (κ3) is 3.85. The normalized spacial score (nSPS) is 16.9. The summed E-state index contributed by atoms with van der Waals surface area (Å²) in [4.78, 5) is 16.5. The summed E-state index contributed by atoms with van der Waals surface area (Å²) in [5.41, 5.74) is -0.273. The minimum absolute atomic E-state index is 0.0651. The van der Waals surface area contributed by atoms with Gasteiger partial charge in [-0.15, -0.1) is 0 Å². The molecule has 1 aromatic heterocycles. The Morgan fingerprint density at radius 2 is 1.96 bits per heavy atom. The number of carbonyl (C=O) groups is 1. The van der Waals surface area contributed by atoms with Gasteiger partial charge >= 0.3 is 5.97 Å². The van der Waals surface area contributed by atoms with Crippen LogP contribution in [0.5, 0.6) is 0 Å². The predicted octanol–water partition coefficient (Wildman–Crippen LogP) is 3.26. The highest BCUT2D eigenvalue weighted by molar-refractivity contribution is 5.82. The number of hydrogen-bond acceptors (Lipinski definition) is 6. The average Bonchev–Trinajstić information content (AvgIpc) is 3.23. The monoisotopic (exact) mass is 375 g/mol. The molecule has 1 unspecified atom stereocenters.